The molecule has 0 atom stereocenters. The van der Waals surface area contributed by atoms with E-state index in [9.17, 15) is 0 Å². The fourth-order valence-corrected chi connectivity index (χ4v) is 2.97. The van der Waals surface area contributed by atoms with Crippen LogP contribution in [0.2, 0.25) is 0 Å². The third-order valence-corrected chi connectivity index (χ3v) is 3.82. The van der Waals surface area contributed by atoms with Gasteiger partial charge in [0, 0.05) is 18.2 Å². The van der Waals surface area contributed by atoms with Crippen molar-refractivity contribution in [3.05, 3.63) is 65.3 Å². The van der Waals surface area contributed by atoms with Crippen molar-refractivity contribution in [1.29, 1.82) is 0 Å². The van der Waals surface area contributed by atoms with Gasteiger partial charge in [0.05, 0.1) is 5.69 Å². The van der Waals surface area contributed by atoms with Gasteiger partial charge in [-0.15, -0.1) is 0 Å². The summed E-state index contributed by atoms with van der Waals surface area (Å²) < 4.78 is 8.27. The summed E-state index contributed by atoms with van der Waals surface area (Å²) in [5, 5.41) is 0. The van der Waals surface area contributed by atoms with Gasteiger partial charge in [0.25, 0.3) is 0 Å². The Kier molecular flexibility index (Phi) is 4.18. The van der Waals surface area contributed by atoms with E-state index in [1.165, 1.54) is 0 Å². The summed E-state index contributed by atoms with van der Waals surface area (Å²) in [7, 11) is 1.69. The Morgan fingerprint density at radius 2 is 1.52 bits per heavy atom. The number of hydrogen-bond donors (Lipinski definition) is 0. The van der Waals surface area contributed by atoms with Crippen molar-refractivity contribution >= 4 is 15.9 Å². The van der Waals surface area contributed by atoms with Gasteiger partial charge in [-0.3, -0.25) is 4.57 Å². The molecule has 21 heavy (non-hydrogen) atoms. The Morgan fingerprint density at radius 1 is 0.952 bits per heavy atom. The van der Waals surface area contributed by atoms with Gasteiger partial charge in [0.1, 0.15) is 17.2 Å². The van der Waals surface area contributed by atoms with Crippen LogP contribution in [0.3, 0.4) is 0 Å². The summed E-state index contributed by atoms with van der Waals surface area (Å²) in [5.41, 5.74) is 3.20. The molecule has 0 aliphatic rings. The topological polar surface area (TPSA) is 27.1 Å². The number of benzene rings is 2. The fraction of sp³-hybridized carbons (Fsp3) is 0.118. The molecule has 0 saturated carbocycles. The first-order valence-electron chi connectivity index (χ1n) is 6.67. The minimum atomic E-state index is 0.451. The first kappa shape index (κ1) is 14.0. The number of hydrogen-bond acceptors (Lipinski definition) is 2. The third-order valence-electron chi connectivity index (χ3n) is 3.26. The molecule has 0 unspecified atom stereocenters. The SMILES string of the molecule is COCn1c(-c2ccccc2)nc(Br)c1-c1ccccc1. The maximum Gasteiger partial charge on any atom is 0.143 e. The van der Waals surface area contributed by atoms with E-state index in [2.05, 4.69) is 49.7 Å². The van der Waals surface area contributed by atoms with Crippen LogP contribution in [-0.4, -0.2) is 16.7 Å². The van der Waals surface area contributed by atoms with E-state index in [4.69, 9.17) is 4.74 Å². The molecule has 0 spiro atoms. The van der Waals surface area contributed by atoms with E-state index in [0.717, 1.165) is 27.2 Å². The van der Waals surface area contributed by atoms with E-state index in [1.54, 1.807) is 7.11 Å². The van der Waals surface area contributed by atoms with E-state index < -0.39 is 0 Å². The molecule has 3 aromatic rings. The smallest absolute Gasteiger partial charge is 0.143 e. The van der Waals surface area contributed by atoms with Gasteiger partial charge in [-0.2, -0.15) is 0 Å². The Bertz CT molecular complexity index is 723. The van der Waals surface area contributed by atoms with Gasteiger partial charge in [-0.25, -0.2) is 4.98 Å². The van der Waals surface area contributed by atoms with Crippen LogP contribution in [-0.2, 0) is 11.5 Å². The molecular formula is C17H15BrN2O. The predicted molar refractivity (Wildman–Crippen MR) is 87.8 cm³/mol. The Labute approximate surface area is 132 Å². The highest BCUT2D eigenvalue weighted by Gasteiger charge is 2.17. The van der Waals surface area contributed by atoms with Crippen LogP contribution in [0.1, 0.15) is 0 Å². The molecule has 4 heteroatoms. The Balaban J connectivity index is 2.20. The quantitative estimate of drug-likeness (QED) is 0.693. The van der Waals surface area contributed by atoms with Crippen LogP contribution in [0.5, 0.6) is 0 Å². The van der Waals surface area contributed by atoms with Crippen molar-refractivity contribution in [3.8, 4) is 22.6 Å². The molecule has 0 amide bonds. The molecule has 3 nitrogen and oxygen atoms in total. The molecule has 0 saturated heterocycles. The number of imidazole rings is 1. The van der Waals surface area contributed by atoms with Crippen molar-refractivity contribution in [2.75, 3.05) is 7.11 Å². The van der Waals surface area contributed by atoms with Gasteiger partial charge >= 0.3 is 0 Å². The number of methoxy groups -OCH3 is 1. The number of ether oxygens (including phenoxy) is 1. The summed E-state index contributed by atoms with van der Waals surface area (Å²) >= 11 is 3.58. The minimum Gasteiger partial charge on any atom is -0.364 e. The van der Waals surface area contributed by atoms with Crippen LogP contribution < -0.4 is 0 Å². The van der Waals surface area contributed by atoms with Crippen molar-refractivity contribution in [3.63, 3.8) is 0 Å². The molecule has 0 bridgehead atoms. The molecule has 0 N–H and O–H groups in total. The molecule has 3 rings (SSSR count). The summed E-state index contributed by atoms with van der Waals surface area (Å²) in [5.74, 6) is 0.892. The summed E-state index contributed by atoms with van der Waals surface area (Å²) in [6.07, 6.45) is 0. The van der Waals surface area contributed by atoms with Gasteiger partial charge < -0.3 is 4.74 Å². The average molecular weight is 343 g/mol. The lowest BCUT2D eigenvalue weighted by atomic mass is 10.1. The second kappa shape index (κ2) is 6.24. The van der Waals surface area contributed by atoms with Gasteiger partial charge in [-0.05, 0) is 15.9 Å². The van der Waals surface area contributed by atoms with E-state index in [1.807, 2.05) is 36.4 Å². The van der Waals surface area contributed by atoms with E-state index in [-0.39, 0.29) is 0 Å². The molecule has 0 aliphatic carbocycles. The highest BCUT2D eigenvalue weighted by Crippen LogP contribution is 2.33. The zero-order chi connectivity index (χ0) is 14.7. The summed E-state index contributed by atoms with van der Waals surface area (Å²) in [6.45, 7) is 0.451. The summed E-state index contributed by atoms with van der Waals surface area (Å²) in [6, 6.07) is 20.3. The molecular weight excluding hydrogens is 328 g/mol. The fourth-order valence-electron chi connectivity index (χ4n) is 2.36. The van der Waals surface area contributed by atoms with Gasteiger partial charge in [0.2, 0.25) is 0 Å². The molecule has 1 aromatic heterocycles. The molecule has 1 heterocycles. The lowest BCUT2D eigenvalue weighted by Crippen LogP contribution is -2.04. The minimum absolute atomic E-state index is 0.451. The van der Waals surface area contributed by atoms with E-state index in [0.29, 0.717) is 6.73 Å². The molecule has 0 aliphatic heterocycles. The maximum absolute atomic E-state index is 5.37. The lowest BCUT2D eigenvalue weighted by Gasteiger charge is -2.11. The van der Waals surface area contributed by atoms with Gasteiger partial charge in [-0.1, -0.05) is 60.7 Å². The highest BCUT2D eigenvalue weighted by molar-refractivity contribution is 9.10. The van der Waals surface area contributed by atoms with Crippen molar-refractivity contribution in [2.24, 2.45) is 0 Å². The zero-order valence-corrected chi connectivity index (χ0v) is 13.2. The zero-order valence-electron chi connectivity index (χ0n) is 11.7. The van der Waals surface area contributed by atoms with Crippen LogP contribution in [0, 0.1) is 0 Å². The van der Waals surface area contributed by atoms with E-state index >= 15 is 0 Å². The standard InChI is InChI=1S/C17H15BrN2O/c1-21-12-20-15(13-8-4-2-5-9-13)16(18)19-17(20)14-10-6-3-7-11-14/h2-11H,12H2,1H3. The van der Waals surface area contributed by atoms with Crippen molar-refractivity contribution < 1.29 is 4.74 Å². The first-order valence-corrected chi connectivity index (χ1v) is 7.46. The van der Waals surface area contributed by atoms with Crippen LogP contribution in [0.25, 0.3) is 22.6 Å². The van der Waals surface area contributed by atoms with Crippen molar-refractivity contribution in [2.45, 2.75) is 6.73 Å². The van der Waals surface area contributed by atoms with Crippen molar-refractivity contribution in [1.82, 2.24) is 9.55 Å². The lowest BCUT2D eigenvalue weighted by molar-refractivity contribution is 0.133. The molecule has 0 radical (unpaired) electrons. The number of aromatic nitrogens is 2. The second-order valence-corrected chi connectivity index (χ2v) is 5.40. The first-order chi connectivity index (χ1) is 10.3. The normalized spacial score (nSPS) is 10.8. The second-order valence-electron chi connectivity index (χ2n) is 4.65. The Hall–Kier alpha value is -1.91. The largest absolute Gasteiger partial charge is 0.364 e. The maximum atomic E-state index is 5.37. The average Bonchev–Trinajstić information content (AvgIpc) is 2.86. The number of halogens is 1. The third kappa shape index (κ3) is 2.77. The number of nitrogens with zero attached hydrogens (tertiary/aromatic N) is 2. The highest BCUT2D eigenvalue weighted by atomic mass is 79.9. The Morgan fingerprint density at radius 3 is 2.10 bits per heavy atom. The number of rotatable bonds is 4. The molecule has 2 aromatic carbocycles. The monoisotopic (exact) mass is 342 g/mol. The van der Waals surface area contributed by atoms with Crippen LogP contribution >= 0.6 is 15.9 Å². The predicted octanol–water partition coefficient (Wildman–Crippen LogP) is 4.58. The van der Waals surface area contributed by atoms with Crippen LogP contribution in [0.4, 0.5) is 0 Å². The molecule has 0 fully saturated rings. The summed E-state index contributed by atoms with van der Waals surface area (Å²) in [4.78, 5) is 4.68. The van der Waals surface area contributed by atoms with Crippen LogP contribution in [0.15, 0.2) is 65.3 Å². The van der Waals surface area contributed by atoms with Gasteiger partial charge in [0.15, 0.2) is 0 Å². The molecule has 106 valence electrons.